The van der Waals surface area contributed by atoms with Crippen LogP contribution in [0.1, 0.15) is 6.92 Å². The quantitative estimate of drug-likeness (QED) is 0.739. The monoisotopic (exact) mass is 230 g/mol. The molecule has 0 aliphatic rings. The molecule has 4 heteroatoms. The number of rotatable bonds is 3. The molecule has 0 saturated carbocycles. The van der Waals surface area contributed by atoms with Crippen LogP contribution in [0.25, 0.3) is 0 Å². The third kappa shape index (κ3) is 2.16. The number of benzene rings is 1. The molecule has 0 spiro atoms. The number of ether oxygens (including phenoxy) is 1. The van der Waals surface area contributed by atoms with E-state index in [0.717, 1.165) is 0 Å². The SMILES string of the molecule is CCOc1ccccc1[AsH](=O)O. The first kappa shape index (κ1) is 9.43. The summed E-state index contributed by atoms with van der Waals surface area (Å²) in [6.45, 7) is 2.36. The minimum atomic E-state index is -3.23. The molecule has 0 amide bonds. The minimum absolute atomic E-state index is 0.458. The molecule has 0 radical (unpaired) electrons. The predicted octanol–water partition coefficient (Wildman–Crippen LogP) is -0.0644. The Morgan fingerprint density at radius 2 is 2.17 bits per heavy atom. The van der Waals surface area contributed by atoms with Crippen LogP contribution < -0.4 is 9.09 Å². The van der Waals surface area contributed by atoms with Crippen molar-refractivity contribution in [3.05, 3.63) is 24.3 Å². The maximum absolute atomic E-state index is 10.9. The van der Waals surface area contributed by atoms with Gasteiger partial charge in [0.1, 0.15) is 0 Å². The molecule has 3 nitrogen and oxygen atoms in total. The molecule has 66 valence electrons. The second-order valence-corrected chi connectivity index (χ2v) is 4.64. The van der Waals surface area contributed by atoms with Crippen LogP contribution in [0.5, 0.6) is 5.75 Å². The van der Waals surface area contributed by atoms with Crippen LogP contribution >= 0.6 is 0 Å². The van der Waals surface area contributed by atoms with Gasteiger partial charge in [-0.05, 0) is 0 Å². The van der Waals surface area contributed by atoms with Gasteiger partial charge in [0.15, 0.2) is 0 Å². The van der Waals surface area contributed by atoms with E-state index in [1.54, 1.807) is 24.3 Å². The van der Waals surface area contributed by atoms with E-state index in [1.807, 2.05) is 6.92 Å². The Labute approximate surface area is 75.8 Å². The fourth-order valence-electron chi connectivity index (χ4n) is 0.925. The number of para-hydroxylation sites is 1. The fourth-order valence-corrected chi connectivity index (χ4v) is 2.19. The molecule has 1 N–H and O–H groups in total. The van der Waals surface area contributed by atoms with Crippen LogP contribution in [0, 0.1) is 0 Å². The van der Waals surface area contributed by atoms with E-state index in [4.69, 9.17) is 8.83 Å². The Bertz CT molecular complexity index is 285. The molecule has 1 aromatic rings. The van der Waals surface area contributed by atoms with Crippen molar-refractivity contribution in [2.24, 2.45) is 0 Å². The topological polar surface area (TPSA) is 46.5 Å². The fraction of sp³-hybridized carbons (Fsp3) is 0.250. The van der Waals surface area contributed by atoms with E-state index in [0.29, 0.717) is 16.7 Å². The van der Waals surface area contributed by atoms with Crippen molar-refractivity contribution < 1.29 is 12.6 Å². The van der Waals surface area contributed by atoms with E-state index in [2.05, 4.69) is 0 Å². The molecule has 1 unspecified atom stereocenters. The van der Waals surface area contributed by atoms with Crippen LogP contribution in [0.2, 0.25) is 0 Å². The van der Waals surface area contributed by atoms with Crippen molar-refractivity contribution in [2.75, 3.05) is 6.61 Å². The molecule has 1 atom stereocenters. The summed E-state index contributed by atoms with van der Waals surface area (Å²) in [5.74, 6) is 0.535. The second-order valence-electron chi connectivity index (χ2n) is 2.23. The molecule has 1 rings (SSSR count). The van der Waals surface area contributed by atoms with E-state index in [-0.39, 0.29) is 0 Å². The van der Waals surface area contributed by atoms with Gasteiger partial charge in [0.05, 0.1) is 0 Å². The Morgan fingerprint density at radius 3 is 2.75 bits per heavy atom. The van der Waals surface area contributed by atoms with Gasteiger partial charge in [0, 0.05) is 0 Å². The maximum atomic E-state index is 10.9. The van der Waals surface area contributed by atoms with E-state index >= 15 is 0 Å². The van der Waals surface area contributed by atoms with Crippen LogP contribution in [0.4, 0.5) is 0 Å². The number of hydrogen-bond donors (Lipinski definition) is 1. The van der Waals surface area contributed by atoms with Crippen LogP contribution in [0.15, 0.2) is 24.3 Å². The van der Waals surface area contributed by atoms with Gasteiger partial charge in [-0.25, -0.2) is 0 Å². The molecule has 0 aliphatic heterocycles. The molecular formula is C8H11AsO3. The molecule has 0 fully saturated rings. The zero-order valence-corrected chi connectivity index (χ0v) is 8.88. The third-order valence-corrected chi connectivity index (χ3v) is 3.25. The van der Waals surface area contributed by atoms with Crippen LogP contribution in [0.3, 0.4) is 0 Å². The van der Waals surface area contributed by atoms with E-state index < -0.39 is 14.9 Å². The molecule has 1 aromatic carbocycles. The van der Waals surface area contributed by atoms with Gasteiger partial charge >= 0.3 is 75.4 Å². The summed E-state index contributed by atoms with van der Waals surface area (Å²) in [6, 6.07) is 6.86. The molecule has 0 bridgehead atoms. The molecule has 0 aromatic heterocycles. The van der Waals surface area contributed by atoms with Crippen molar-refractivity contribution in [3.8, 4) is 5.75 Å². The summed E-state index contributed by atoms with van der Waals surface area (Å²) in [6.07, 6.45) is 0. The number of hydrogen-bond acceptors (Lipinski definition) is 2. The summed E-state index contributed by atoms with van der Waals surface area (Å²) < 4.78 is 25.5. The van der Waals surface area contributed by atoms with Gasteiger partial charge in [0.2, 0.25) is 0 Å². The van der Waals surface area contributed by atoms with Crippen molar-refractivity contribution >= 4 is 19.3 Å². The van der Waals surface area contributed by atoms with Crippen molar-refractivity contribution in [1.29, 1.82) is 0 Å². The summed E-state index contributed by atoms with van der Waals surface area (Å²) >= 11 is -3.23. The average Bonchev–Trinajstić information content (AvgIpc) is 2.05. The Balaban J connectivity index is 3.00. The molecular weight excluding hydrogens is 219 g/mol. The zero-order valence-electron chi connectivity index (χ0n) is 6.78. The summed E-state index contributed by atoms with van der Waals surface area (Å²) in [4.78, 5) is 0. The Kier molecular flexibility index (Phi) is 3.44. The average molecular weight is 230 g/mol. The first-order chi connectivity index (χ1) is 5.75. The van der Waals surface area contributed by atoms with E-state index in [9.17, 15) is 3.74 Å². The van der Waals surface area contributed by atoms with Gasteiger partial charge in [-0.3, -0.25) is 0 Å². The molecule has 0 aliphatic carbocycles. The second kappa shape index (κ2) is 4.39. The molecule has 0 saturated heterocycles. The molecule has 0 heterocycles. The van der Waals surface area contributed by atoms with Gasteiger partial charge < -0.3 is 0 Å². The van der Waals surface area contributed by atoms with Gasteiger partial charge in [-0.1, -0.05) is 0 Å². The first-order valence-electron chi connectivity index (χ1n) is 3.70. The zero-order chi connectivity index (χ0) is 8.97. The van der Waals surface area contributed by atoms with Gasteiger partial charge in [0.25, 0.3) is 0 Å². The van der Waals surface area contributed by atoms with Crippen LogP contribution in [-0.4, -0.2) is 25.6 Å². The van der Waals surface area contributed by atoms with Crippen molar-refractivity contribution in [3.63, 3.8) is 0 Å². The summed E-state index contributed by atoms with van der Waals surface area (Å²) in [5, 5.41) is 0. The predicted molar refractivity (Wildman–Crippen MR) is 47.3 cm³/mol. The normalized spacial score (nSPS) is 12.5. The van der Waals surface area contributed by atoms with Gasteiger partial charge in [-0.15, -0.1) is 0 Å². The summed E-state index contributed by atoms with van der Waals surface area (Å²) in [5.41, 5.74) is 0. The van der Waals surface area contributed by atoms with Gasteiger partial charge in [-0.2, -0.15) is 0 Å². The van der Waals surface area contributed by atoms with Crippen LogP contribution in [-0.2, 0) is 3.74 Å². The molecule has 12 heavy (non-hydrogen) atoms. The first-order valence-corrected chi connectivity index (χ1v) is 6.55. The van der Waals surface area contributed by atoms with Crippen molar-refractivity contribution in [2.45, 2.75) is 6.92 Å². The standard InChI is InChI=1S/C8H11AsO3/c1-2-12-8-6-4-3-5-7(8)9(10)11/h3-6,9H,2H2,1H3,(H,10,11). The van der Waals surface area contributed by atoms with Crippen molar-refractivity contribution in [1.82, 2.24) is 0 Å². The Hall–Kier alpha value is -0.662. The summed E-state index contributed by atoms with van der Waals surface area (Å²) in [7, 11) is 0. The van der Waals surface area contributed by atoms with E-state index in [1.165, 1.54) is 0 Å². The Morgan fingerprint density at radius 1 is 1.50 bits per heavy atom. The third-order valence-electron chi connectivity index (χ3n) is 1.42.